The number of halogens is 3. The lowest BCUT2D eigenvalue weighted by molar-refractivity contribution is -0.137. The van der Waals surface area contributed by atoms with E-state index in [1.54, 1.807) is 41.5 Å². The van der Waals surface area contributed by atoms with E-state index in [4.69, 9.17) is 0 Å². The minimum Gasteiger partial charge on any atom is -0.317 e. The van der Waals surface area contributed by atoms with E-state index >= 15 is 0 Å². The van der Waals surface area contributed by atoms with Crippen molar-refractivity contribution in [2.75, 3.05) is 5.32 Å². The molecule has 0 spiro atoms. The second kappa shape index (κ2) is 7.49. The summed E-state index contributed by atoms with van der Waals surface area (Å²) in [7, 11) is 0. The summed E-state index contributed by atoms with van der Waals surface area (Å²) in [6, 6.07) is 6.75. The molecule has 0 radical (unpaired) electrons. The highest BCUT2D eigenvalue weighted by molar-refractivity contribution is 6.03. The Labute approximate surface area is 160 Å². The molecule has 6 nitrogen and oxygen atoms in total. The molecule has 0 aliphatic heterocycles. The molecule has 1 N–H and O–H groups in total. The topological polar surface area (TPSA) is 64.7 Å². The molecule has 0 aliphatic carbocycles. The lowest BCUT2D eigenvalue weighted by Gasteiger charge is -2.10. The number of aromatic nitrogens is 4. The highest BCUT2D eigenvalue weighted by atomic mass is 19.4. The maximum atomic E-state index is 12.9. The van der Waals surface area contributed by atoms with Crippen LogP contribution in [-0.2, 0) is 19.3 Å². The van der Waals surface area contributed by atoms with Gasteiger partial charge in [-0.05, 0) is 44.5 Å². The lowest BCUT2D eigenvalue weighted by atomic mass is 10.1. The Morgan fingerprint density at radius 2 is 1.93 bits per heavy atom. The Hall–Kier alpha value is -3.10. The second-order valence-electron chi connectivity index (χ2n) is 6.39. The third-order valence-corrected chi connectivity index (χ3v) is 4.46. The van der Waals surface area contributed by atoms with Gasteiger partial charge in [-0.1, -0.05) is 12.1 Å². The van der Waals surface area contributed by atoms with E-state index in [-0.39, 0.29) is 12.5 Å². The summed E-state index contributed by atoms with van der Waals surface area (Å²) in [4.78, 5) is 12.5. The van der Waals surface area contributed by atoms with Gasteiger partial charge in [0.2, 0.25) is 0 Å². The molecule has 0 fully saturated rings. The Morgan fingerprint density at radius 1 is 1.18 bits per heavy atom. The monoisotopic (exact) mass is 391 g/mol. The van der Waals surface area contributed by atoms with Crippen LogP contribution in [0, 0.1) is 13.8 Å². The predicted molar refractivity (Wildman–Crippen MR) is 98.1 cm³/mol. The van der Waals surface area contributed by atoms with Crippen molar-refractivity contribution in [3.05, 3.63) is 64.7 Å². The highest BCUT2D eigenvalue weighted by Crippen LogP contribution is 2.30. The van der Waals surface area contributed by atoms with Crippen LogP contribution in [0.25, 0.3) is 0 Å². The summed E-state index contributed by atoms with van der Waals surface area (Å²) in [5.74, 6) is -0.316. The van der Waals surface area contributed by atoms with E-state index in [9.17, 15) is 18.0 Å². The van der Waals surface area contributed by atoms with Crippen molar-refractivity contribution in [3.8, 4) is 0 Å². The van der Waals surface area contributed by atoms with Crippen molar-refractivity contribution >= 4 is 11.6 Å². The maximum absolute atomic E-state index is 12.9. The summed E-state index contributed by atoms with van der Waals surface area (Å²) in [6.07, 6.45) is -2.85. The average Bonchev–Trinajstić information content (AvgIpc) is 3.22. The van der Waals surface area contributed by atoms with E-state index in [2.05, 4.69) is 15.5 Å². The van der Waals surface area contributed by atoms with Crippen LogP contribution < -0.4 is 5.32 Å². The van der Waals surface area contributed by atoms with Gasteiger partial charge in [-0.25, -0.2) is 0 Å². The number of anilines is 1. The molecule has 0 bridgehead atoms. The number of aryl methyl sites for hydroxylation is 2. The molecule has 1 amide bonds. The standard InChI is InChI=1S/C19H20F3N5O/c1-4-26-16(8-9-23-26)18(28)24-17-12(2)25-27(13(17)3)11-14-6-5-7-15(10-14)19(20,21)22/h5-10H,4,11H2,1-3H3,(H,24,28). The van der Waals surface area contributed by atoms with Gasteiger partial charge in [0.15, 0.2) is 0 Å². The van der Waals surface area contributed by atoms with Crippen molar-refractivity contribution in [1.82, 2.24) is 19.6 Å². The average molecular weight is 391 g/mol. The third kappa shape index (κ3) is 3.92. The third-order valence-electron chi connectivity index (χ3n) is 4.46. The number of rotatable bonds is 5. The number of hydrogen-bond donors (Lipinski definition) is 1. The molecule has 3 aromatic rings. The van der Waals surface area contributed by atoms with Crippen LogP contribution >= 0.6 is 0 Å². The fourth-order valence-corrected chi connectivity index (χ4v) is 3.01. The summed E-state index contributed by atoms with van der Waals surface area (Å²) in [6.45, 7) is 6.11. The van der Waals surface area contributed by atoms with Gasteiger partial charge in [-0.3, -0.25) is 14.2 Å². The highest BCUT2D eigenvalue weighted by Gasteiger charge is 2.30. The van der Waals surface area contributed by atoms with E-state index in [1.165, 1.54) is 6.07 Å². The summed E-state index contributed by atoms with van der Waals surface area (Å²) >= 11 is 0. The van der Waals surface area contributed by atoms with Crippen LogP contribution in [0.5, 0.6) is 0 Å². The number of amides is 1. The first kappa shape index (κ1) is 19.7. The molecule has 148 valence electrons. The number of nitrogens with one attached hydrogen (secondary N) is 1. The van der Waals surface area contributed by atoms with Crippen LogP contribution in [0.4, 0.5) is 18.9 Å². The minimum atomic E-state index is -4.40. The van der Waals surface area contributed by atoms with E-state index in [0.717, 1.165) is 12.1 Å². The zero-order valence-corrected chi connectivity index (χ0v) is 15.7. The van der Waals surface area contributed by atoms with E-state index in [0.29, 0.717) is 34.9 Å². The van der Waals surface area contributed by atoms with Crippen LogP contribution in [0.1, 0.15) is 39.9 Å². The molecule has 0 aliphatic rings. The molecular weight excluding hydrogens is 371 g/mol. The minimum absolute atomic E-state index is 0.166. The van der Waals surface area contributed by atoms with Gasteiger partial charge in [-0.2, -0.15) is 23.4 Å². The maximum Gasteiger partial charge on any atom is 0.416 e. The Kier molecular flexibility index (Phi) is 5.26. The summed E-state index contributed by atoms with van der Waals surface area (Å²) in [5.41, 5.74) is 1.98. The Balaban J connectivity index is 1.84. The largest absolute Gasteiger partial charge is 0.416 e. The molecule has 9 heteroatoms. The molecule has 0 atom stereocenters. The smallest absolute Gasteiger partial charge is 0.317 e. The predicted octanol–water partition coefficient (Wildman–Crippen LogP) is 4.04. The molecule has 0 unspecified atom stereocenters. The first-order valence-corrected chi connectivity index (χ1v) is 8.74. The van der Waals surface area contributed by atoms with Gasteiger partial charge < -0.3 is 5.32 Å². The molecule has 2 heterocycles. The van der Waals surface area contributed by atoms with E-state index < -0.39 is 11.7 Å². The zero-order chi connectivity index (χ0) is 20.5. The van der Waals surface area contributed by atoms with Crippen molar-refractivity contribution in [1.29, 1.82) is 0 Å². The SMILES string of the molecule is CCn1nccc1C(=O)Nc1c(C)nn(Cc2cccc(C(F)(F)F)c2)c1C. The van der Waals surface area contributed by atoms with Gasteiger partial charge in [0.05, 0.1) is 29.2 Å². The van der Waals surface area contributed by atoms with E-state index in [1.807, 2.05) is 6.92 Å². The van der Waals surface area contributed by atoms with Crippen LogP contribution in [0.3, 0.4) is 0 Å². The van der Waals surface area contributed by atoms with Gasteiger partial charge >= 0.3 is 6.18 Å². The summed E-state index contributed by atoms with van der Waals surface area (Å²) in [5, 5.41) is 11.3. The van der Waals surface area contributed by atoms with Gasteiger partial charge in [0.1, 0.15) is 5.69 Å². The Bertz CT molecular complexity index is 1000. The van der Waals surface area contributed by atoms with Crippen molar-refractivity contribution < 1.29 is 18.0 Å². The molecule has 0 saturated heterocycles. The van der Waals surface area contributed by atoms with Crippen molar-refractivity contribution in [2.45, 2.75) is 40.0 Å². The number of nitrogens with zero attached hydrogens (tertiary/aromatic N) is 4. The van der Waals surface area contributed by atoms with Crippen molar-refractivity contribution in [2.24, 2.45) is 0 Å². The second-order valence-corrected chi connectivity index (χ2v) is 6.39. The number of hydrogen-bond acceptors (Lipinski definition) is 3. The Morgan fingerprint density at radius 3 is 2.61 bits per heavy atom. The first-order chi connectivity index (χ1) is 13.2. The van der Waals surface area contributed by atoms with Crippen LogP contribution in [-0.4, -0.2) is 25.5 Å². The fourth-order valence-electron chi connectivity index (χ4n) is 3.01. The van der Waals surface area contributed by atoms with Crippen LogP contribution in [0.2, 0.25) is 0 Å². The summed E-state index contributed by atoms with van der Waals surface area (Å²) < 4.78 is 41.9. The van der Waals surface area contributed by atoms with Gasteiger partial charge in [0.25, 0.3) is 5.91 Å². The molecule has 28 heavy (non-hydrogen) atoms. The van der Waals surface area contributed by atoms with Crippen LogP contribution in [0.15, 0.2) is 36.5 Å². The fraction of sp³-hybridized carbons (Fsp3) is 0.316. The molecule has 3 rings (SSSR count). The molecular formula is C19H20F3N5O. The van der Waals surface area contributed by atoms with Gasteiger partial charge in [-0.15, -0.1) is 0 Å². The van der Waals surface area contributed by atoms with Gasteiger partial charge in [0, 0.05) is 12.7 Å². The van der Waals surface area contributed by atoms with Crippen molar-refractivity contribution in [3.63, 3.8) is 0 Å². The number of benzene rings is 1. The first-order valence-electron chi connectivity index (χ1n) is 8.74. The number of carbonyl (C=O) groups excluding carboxylic acids is 1. The number of carbonyl (C=O) groups is 1. The molecule has 0 saturated carbocycles. The normalized spacial score (nSPS) is 11.6. The molecule has 2 aromatic heterocycles. The lowest BCUT2D eigenvalue weighted by Crippen LogP contribution is -2.18. The quantitative estimate of drug-likeness (QED) is 0.714. The molecule has 1 aromatic carbocycles. The zero-order valence-electron chi connectivity index (χ0n) is 15.7. The number of alkyl halides is 3.